The van der Waals surface area contributed by atoms with E-state index in [1.807, 2.05) is 0 Å². The van der Waals surface area contributed by atoms with Crippen LogP contribution in [0.2, 0.25) is 0 Å². The number of nitrogen functional groups attached to an aromatic ring is 1. The Bertz CT molecular complexity index is 355. The van der Waals surface area contributed by atoms with E-state index < -0.39 is 11.7 Å². The van der Waals surface area contributed by atoms with Crippen LogP contribution in [0.25, 0.3) is 0 Å². The number of halogens is 3. The van der Waals surface area contributed by atoms with Gasteiger partial charge in [-0.25, -0.2) is 0 Å². The summed E-state index contributed by atoms with van der Waals surface area (Å²) < 4.78 is 46.7. The Morgan fingerprint density at radius 1 is 1.31 bits per heavy atom. The second kappa shape index (κ2) is 5.02. The molecular formula is C9H11F3N2O2. The van der Waals surface area contributed by atoms with Gasteiger partial charge >= 0.3 is 6.18 Å². The molecule has 0 spiro atoms. The molecule has 0 amide bonds. The fraction of sp³-hybridized carbons (Fsp3) is 0.444. The van der Waals surface area contributed by atoms with Gasteiger partial charge in [-0.2, -0.15) is 18.2 Å². The summed E-state index contributed by atoms with van der Waals surface area (Å²) in [6, 6.07) is 1.55. The van der Waals surface area contributed by atoms with E-state index in [1.165, 1.54) is 7.11 Å². The van der Waals surface area contributed by atoms with Crippen molar-refractivity contribution in [2.75, 3.05) is 26.1 Å². The summed E-state index contributed by atoms with van der Waals surface area (Å²) in [5, 5.41) is 0. The quantitative estimate of drug-likeness (QED) is 0.808. The van der Waals surface area contributed by atoms with Crippen molar-refractivity contribution in [1.82, 2.24) is 4.98 Å². The molecule has 1 aromatic rings. The number of hydrogen-bond donors (Lipinski definition) is 1. The lowest BCUT2D eigenvalue weighted by Gasteiger charge is -2.10. The topological polar surface area (TPSA) is 57.4 Å². The van der Waals surface area contributed by atoms with Gasteiger partial charge in [0.15, 0.2) is 0 Å². The van der Waals surface area contributed by atoms with E-state index in [9.17, 15) is 13.2 Å². The van der Waals surface area contributed by atoms with Crippen LogP contribution in [0.15, 0.2) is 12.1 Å². The Hall–Kier alpha value is -1.50. The lowest BCUT2D eigenvalue weighted by Crippen LogP contribution is -2.10. The third kappa shape index (κ3) is 3.58. The maximum absolute atomic E-state index is 12.4. The van der Waals surface area contributed by atoms with Crippen LogP contribution >= 0.6 is 0 Å². The minimum absolute atomic E-state index is 0.115. The molecule has 0 radical (unpaired) electrons. The first-order valence-electron chi connectivity index (χ1n) is 4.40. The smallest absolute Gasteiger partial charge is 0.416 e. The van der Waals surface area contributed by atoms with Gasteiger partial charge in [0.1, 0.15) is 12.4 Å². The Morgan fingerprint density at radius 2 is 2.00 bits per heavy atom. The highest BCUT2D eigenvalue weighted by atomic mass is 19.4. The van der Waals surface area contributed by atoms with Gasteiger partial charge < -0.3 is 15.2 Å². The average Bonchev–Trinajstić information content (AvgIpc) is 2.16. The Morgan fingerprint density at radius 3 is 2.56 bits per heavy atom. The zero-order valence-corrected chi connectivity index (χ0v) is 8.54. The average molecular weight is 236 g/mol. The lowest BCUT2D eigenvalue weighted by atomic mass is 10.2. The van der Waals surface area contributed by atoms with Crippen LogP contribution in [0.4, 0.5) is 19.0 Å². The molecule has 1 aromatic heterocycles. The molecule has 1 heterocycles. The minimum atomic E-state index is -4.46. The molecule has 90 valence electrons. The predicted molar refractivity (Wildman–Crippen MR) is 51.0 cm³/mol. The van der Waals surface area contributed by atoms with Crippen molar-refractivity contribution in [2.45, 2.75) is 6.18 Å². The maximum atomic E-state index is 12.4. The maximum Gasteiger partial charge on any atom is 0.416 e. The SMILES string of the molecule is COCCOc1cc(C(F)(F)F)cc(N)n1. The zero-order chi connectivity index (χ0) is 12.2. The van der Waals surface area contributed by atoms with Crippen LogP contribution in [-0.2, 0) is 10.9 Å². The third-order valence-electron chi connectivity index (χ3n) is 1.69. The fourth-order valence-corrected chi connectivity index (χ4v) is 0.993. The molecule has 0 aliphatic heterocycles. The first-order chi connectivity index (χ1) is 7.43. The van der Waals surface area contributed by atoms with Crippen molar-refractivity contribution < 1.29 is 22.6 Å². The molecular weight excluding hydrogens is 225 g/mol. The molecule has 1 rings (SSSR count). The minimum Gasteiger partial charge on any atom is -0.475 e. The number of aromatic nitrogens is 1. The molecule has 0 aromatic carbocycles. The molecule has 2 N–H and O–H groups in total. The summed E-state index contributed by atoms with van der Waals surface area (Å²) in [4.78, 5) is 3.62. The summed E-state index contributed by atoms with van der Waals surface area (Å²) in [6.07, 6.45) is -4.46. The van der Waals surface area contributed by atoms with E-state index in [4.69, 9.17) is 10.5 Å². The summed E-state index contributed by atoms with van der Waals surface area (Å²) in [6.45, 7) is 0.377. The van der Waals surface area contributed by atoms with Crippen molar-refractivity contribution in [2.24, 2.45) is 0 Å². The number of alkyl halides is 3. The van der Waals surface area contributed by atoms with Crippen molar-refractivity contribution in [3.63, 3.8) is 0 Å². The number of hydrogen-bond acceptors (Lipinski definition) is 4. The van der Waals surface area contributed by atoms with Gasteiger partial charge in [0.25, 0.3) is 0 Å². The number of ether oxygens (including phenoxy) is 2. The highest BCUT2D eigenvalue weighted by molar-refractivity contribution is 5.38. The van der Waals surface area contributed by atoms with E-state index in [2.05, 4.69) is 9.72 Å². The van der Waals surface area contributed by atoms with Crippen molar-refractivity contribution in [3.05, 3.63) is 17.7 Å². The molecule has 4 nitrogen and oxygen atoms in total. The fourth-order valence-electron chi connectivity index (χ4n) is 0.993. The van der Waals surface area contributed by atoms with Gasteiger partial charge in [-0.15, -0.1) is 0 Å². The molecule has 0 saturated carbocycles. The molecule has 0 aliphatic carbocycles. The van der Waals surface area contributed by atoms with Crippen molar-refractivity contribution in [3.8, 4) is 5.88 Å². The van der Waals surface area contributed by atoms with E-state index in [0.717, 1.165) is 12.1 Å². The summed E-state index contributed by atoms with van der Waals surface area (Å²) in [5.74, 6) is -0.397. The standard InChI is InChI=1S/C9H11F3N2O2/c1-15-2-3-16-8-5-6(9(10,11)12)4-7(13)14-8/h4-5H,2-3H2,1H3,(H2,13,14). The van der Waals surface area contributed by atoms with Crippen LogP contribution in [-0.4, -0.2) is 25.3 Å². The molecule has 0 unspecified atom stereocenters. The van der Waals surface area contributed by atoms with E-state index >= 15 is 0 Å². The van der Waals surface area contributed by atoms with Crippen molar-refractivity contribution in [1.29, 1.82) is 0 Å². The largest absolute Gasteiger partial charge is 0.475 e. The normalized spacial score (nSPS) is 11.5. The number of anilines is 1. The monoisotopic (exact) mass is 236 g/mol. The molecule has 16 heavy (non-hydrogen) atoms. The second-order valence-corrected chi connectivity index (χ2v) is 2.96. The first-order valence-corrected chi connectivity index (χ1v) is 4.40. The van der Waals surface area contributed by atoms with Gasteiger partial charge in [-0.3, -0.25) is 0 Å². The summed E-state index contributed by atoms with van der Waals surface area (Å²) in [5.41, 5.74) is 4.36. The zero-order valence-electron chi connectivity index (χ0n) is 8.54. The number of pyridine rings is 1. The van der Waals surface area contributed by atoms with Crippen LogP contribution in [0.3, 0.4) is 0 Å². The number of nitrogens with two attached hydrogens (primary N) is 1. The van der Waals surface area contributed by atoms with Gasteiger partial charge in [0, 0.05) is 13.2 Å². The predicted octanol–water partition coefficient (Wildman–Crippen LogP) is 1.71. The van der Waals surface area contributed by atoms with E-state index in [1.54, 1.807) is 0 Å². The van der Waals surface area contributed by atoms with E-state index in [-0.39, 0.29) is 24.9 Å². The highest BCUT2D eigenvalue weighted by Gasteiger charge is 2.31. The molecule has 7 heteroatoms. The Labute approximate surface area is 90.2 Å². The molecule has 0 atom stereocenters. The number of methoxy groups -OCH3 is 1. The Kier molecular flexibility index (Phi) is 3.94. The summed E-state index contributed by atoms with van der Waals surface area (Å²) >= 11 is 0. The lowest BCUT2D eigenvalue weighted by molar-refractivity contribution is -0.137. The number of nitrogens with zero attached hydrogens (tertiary/aromatic N) is 1. The third-order valence-corrected chi connectivity index (χ3v) is 1.69. The van der Waals surface area contributed by atoms with Gasteiger partial charge in [-0.05, 0) is 6.07 Å². The molecule has 0 fully saturated rings. The van der Waals surface area contributed by atoms with Crippen molar-refractivity contribution >= 4 is 5.82 Å². The first kappa shape index (κ1) is 12.6. The van der Waals surface area contributed by atoms with Crippen LogP contribution < -0.4 is 10.5 Å². The van der Waals surface area contributed by atoms with Gasteiger partial charge in [0.05, 0.1) is 12.2 Å². The van der Waals surface area contributed by atoms with E-state index in [0.29, 0.717) is 0 Å². The summed E-state index contributed by atoms with van der Waals surface area (Å²) in [7, 11) is 1.46. The van der Waals surface area contributed by atoms with Crippen LogP contribution in [0, 0.1) is 0 Å². The second-order valence-electron chi connectivity index (χ2n) is 2.96. The Balaban J connectivity index is 2.82. The highest BCUT2D eigenvalue weighted by Crippen LogP contribution is 2.31. The van der Waals surface area contributed by atoms with Gasteiger partial charge in [-0.1, -0.05) is 0 Å². The van der Waals surface area contributed by atoms with Crippen LogP contribution in [0.1, 0.15) is 5.56 Å². The molecule has 0 bridgehead atoms. The van der Waals surface area contributed by atoms with Gasteiger partial charge in [0.2, 0.25) is 5.88 Å². The molecule has 0 aliphatic rings. The molecule has 0 saturated heterocycles. The van der Waals surface area contributed by atoms with Crippen LogP contribution in [0.5, 0.6) is 5.88 Å². The number of rotatable bonds is 4.